The minimum Gasteiger partial charge on any atom is -0.444 e. The molecule has 0 unspecified atom stereocenters. The Hall–Kier alpha value is -2.35. The Bertz CT molecular complexity index is 566. The Morgan fingerprint density at radius 2 is 2.40 bits per heavy atom. The lowest BCUT2D eigenvalue weighted by atomic mass is 10.3. The summed E-state index contributed by atoms with van der Waals surface area (Å²) in [5, 5.41) is 8.60. The van der Waals surface area contributed by atoms with Gasteiger partial charge in [-0.3, -0.25) is 4.79 Å². The fourth-order valence-electron chi connectivity index (χ4n) is 1.18. The van der Waals surface area contributed by atoms with Gasteiger partial charge in [0.2, 0.25) is 5.76 Å². The average Bonchev–Trinajstić information content (AvgIpc) is 2.58. The number of carbonyl (C=O) groups excluding carboxylic acids is 1. The van der Waals surface area contributed by atoms with Crippen LogP contribution in [0, 0.1) is 11.3 Å². The number of rotatable bonds is 1. The van der Waals surface area contributed by atoms with Crippen LogP contribution in [0.15, 0.2) is 22.7 Å². The number of fused-ring (bicyclic) bond motifs is 1. The van der Waals surface area contributed by atoms with Crippen molar-refractivity contribution in [3.05, 3.63) is 24.1 Å². The van der Waals surface area contributed by atoms with Crippen LogP contribution in [-0.2, 0) is 4.79 Å². The van der Waals surface area contributed by atoms with Crippen molar-refractivity contribution >= 4 is 17.1 Å². The van der Waals surface area contributed by atoms with E-state index in [1.807, 2.05) is 6.07 Å². The Morgan fingerprint density at radius 3 is 3.07 bits per heavy atom. The molecule has 0 amide bonds. The van der Waals surface area contributed by atoms with Crippen LogP contribution < -0.4 is 4.74 Å². The average molecular weight is 202 g/mol. The number of carbonyl (C=O) groups is 1. The second-order valence-electron chi connectivity index (χ2n) is 2.87. The van der Waals surface area contributed by atoms with Crippen LogP contribution in [0.4, 0.5) is 0 Å². The van der Waals surface area contributed by atoms with Crippen LogP contribution in [0.2, 0.25) is 0 Å². The molecule has 5 nitrogen and oxygen atoms in total. The summed E-state index contributed by atoms with van der Waals surface area (Å²) in [6, 6.07) is 4.90. The summed E-state index contributed by atoms with van der Waals surface area (Å²) in [6.45, 7) is 1.30. The molecule has 2 aromatic rings. The largest absolute Gasteiger partial charge is 0.444 e. The first kappa shape index (κ1) is 9.21. The number of nitrogens with zero attached hydrogens (tertiary/aromatic N) is 2. The van der Waals surface area contributed by atoms with Crippen molar-refractivity contribution < 1.29 is 13.9 Å². The molecule has 0 aliphatic carbocycles. The van der Waals surface area contributed by atoms with E-state index in [-0.39, 0.29) is 5.76 Å². The normalized spacial score (nSPS) is 9.87. The van der Waals surface area contributed by atoms with Crippen LogP contribution in [0.1, 0.15) is 12.7 Å². The highest BCUT2D eigenvalue weighted by Crippen LogP contribution is 2.21. The highest BCUT2D eigenvalue weighted by atomic mass is 16.5. The zero-order chi connectivity index (χ0) is 10.8. The Kier molecular flexibility index (Phi) is 2.10. The number of nitriles is 1. The maximum atomic E-state index is 10.7. The van der Waals surface area contributed by atoms with Gasteiger partial charge in [0, 0.05) is 19.1 Å². The zero-order valence-corrected chi connectivity index (χ0v) is 7.85. The Balaban J connectivity index is 2.47. The number of ether oxygens (including phenoxy) is 1. The van der Waals surface area contributed by atoms with Gasteiger partial charge in [0.1, 0.15) is 11.6 Å². The highest BCUT2D eigenvalue weighted by molar-refractivity contribution is 5.77. The number of hydrogen-bond donors (Lipinski definition) is 0. The minimum atomic E-state index is -0.428. The lowest BCUT2D eigenvalue weighted by molar-refractivity contribution is -0.131. The fraction of sp³-hybridized carbons (Fsp3) is 0.100. The SMILES string of the molecule is CC(=O)Oc1cnc2cc(C#N)oc2c1. The molecule has 5 heteroatoms. The molecule has 0 saturated heterocycles. The van der Waals surface area contributed by atoms with Gasteiger partial charge in [0.15, 0.2) is 11.3 Å². The van der Waals surface area contributed by atoms with Gasteiger partial charge in [0.25, 0.3) is 0 Å². The van der Waals surface area contributed by atoms with Gasteiger partial charge in [-0.15, -0.1) is 0 Å². The quantitative estimate of drug-likeness (QED) is 0.657. The molecule has 0 N–H and O–H groups in total. The lowest BCUT2D eigenvalue weighted by Crippen LogP contribution is -2.01. The van der Waals surface area contributed by atoms with Crippen molar-refractivity contribution in [3.63, 3.8) is 0 Å². The molecule has 0 saturated carbocycles. The highest BCUT2D eigenvalue weighted by Gasteiger charge is 2.06. The van der Waals surface area contributed by atoms with E-state index in [0.717, 1.165) is 0 Å². The molecular weight excluding hydrogens is 196 g/mol. The molecule has 0 fully saturated rings. The van der Waals surface area contributed by atoms with Crippen molar-refractivity contribution in [2.75, 3.05) is 0 Å². The molecule has 74 valence electrons. The van der Waals surface area contributed by atoms with E-state index in [4.69, 9.17) is 14.4 Å². The van der Waals surface area contributed by atoms with E-state index in [1.165, 1.54) is 25.3 Å². The number of pyridine rings is 1. The van der Waals surface area contributed by atoms with Crippen LogP contribution in [0.5, 0.6) is 5.75 Å². The van der Waals surface area contributed by atoms with Gasteiger partial charge in [-0.2, -0.15) is 5.26 Å². The summed E-state index contributed by atoms with van der Waals surface area (Å²) in [7, 11) is 0. The van der Waals surface area contributed by atoms with E-state index in [1.54, 1.807) is 0 Å². The van der Waals surface area contributed by atoms with Gasteiger partial charge in [-0.05, 0) is 0 Å². The molecule has 2 rings (SSSR count). The summed E-state index contributed by atoms with van der Waals surface area (Å²) in [5.41, 5.74) is 0.979. The predicted molar refractivity (Wildman–Crippen MR) is 50.0 cm³/mol. The number of furan rings is 1. The Morgan fingerprint density at radius 1 is 1.60 bits per heavy atom. The molecule has 0 spiro atoms. The summed E-state index contributed by atoms with van der Waals surface area (Å²) in [6.07, 6.45) is 1.40. The predicted octanol–water partition coefficient (Wildman–Crippen LogP) is 1.62. The van der Waals surface area contributed by atoms with Gasteiger partial charge < -0.3 is 9.15 Å². The molecular formula is C10H6N2O3. The molecule has 0 aliphatic rings. The third-order valence-corrected chi connectivity index (χ3v) is 1.72. The second-order valence-corrected chi connectivity index (χ2v) is 2.87. The van der Waals surface area contributed by atoms with E-state index < -0.39 is 5.97 Å². The molecule has 0 radical (unpaired) electrons. The Labute approximate surface area is 84.9 Å². The van der Waals surface area contributed by atoms with Gasteiger partial charge in [-0.25, -0.2) is 4.98 Å². The maximum absolute atomic E-state index is 10.7. The topological polar surface area (TPSA) is 76.1 Å². The summed E-state index contributed by atoms with van der Waals surface area (Å²) in [4.78, 5) is 14.7. The van der Waals surface area contributed by atoms with Crippen molar-refractivity contribution in [1.82, 2.24) is 4.98 Å². The molecule has 0 atom stereocenters. The summed E-state index contributed by atoms with van der Waals surface area (Å²) >= 11 is 0. The standard InChI is InChI=1S/C10H6N2O3/c1-6(13)14-8-3-10-9(12-5-8)2-7(4-11)15-10/h2-3,5H,1H3. The minimum absolute atomic E-state index is 0.178. The molecule has 0 bridgehead atoms. The monoisotopic (exact) mass is 202 g/mol. The summed E-state index contributed by atoms with van der Waals surface area (Å²) < 4.78 is 9.95. The molecule has 15 heavy (non-hydrogen) atoms. The van der Waals surface area contributed by atoms with E-state index in [9.17, 15) is 4.79 Å². The molecule has 0 aliphatic heterocycles. The smallest absolute Gasteiger partial charge is 0.308 e. The van der Waals surface area contributed by atoms with Crippen LogP contribution in [0.3, 0.4) is 0 Å². The first-order chi connectivity index (χ1) is 7.19. The van der Waals surface area contributed by atoms with E-state index in [0.29, 0.717) is 16.8 Å². The van der Waals surface area contributed by atoms with Gasteiger partial charge in [0.05, 0.1) is 6.20 Å². The zero-order valence-electron chi connectivity index (χ0n) is 7.85. The van der Waals surface area contributed by atoms with Crippen LogP contribution >= 0.6 is 0 Å². The third-order valence-electron chi connectivity index (χ3n) is 1.72. The lowest BCUT2D eigenvalue weighted by Gasteiger charge is -1.98. The van der Waals surface area contributed by atoms with Gasteiger partial charge in [-0.1, -0.05) is 0 Å². The van der Waals surface area contributed by atoms with Crippen molar-refractivity contribution in [2.24, 2.45) is 0 Å². The van der Waals surface area contributed by atoms with Crippen molar-refractivity contribution in [1.29, 1.82) is 5.26 Å². The molecule has 0 aromatic carbocycles. The van der Waals surface area contributed by atoms with Crippen LogP contribution in [0.25, 0.3) is 11.1 Å². The second kappa shape index (κ2) is 3.42. The van der Waals surface area contributed by atoms with E-state index >= 15 is 0 Å². The molecule has 2 heterocycles. The van der Waals surface area contributed by atoms with E-state index in [2.05, 4.69) is 4.98 Å². The van der Waals surface area contributed by atoms with Crippen molar-refractivity contribution in [2.45, 2.75) is 6.92 Å². The number of esters is 1. The fourth-order valence-corrected chi connectivity index (χ4v) is 1.18. The number of aromatic nitrogens is 1. The van der Waals surface area contributed by atoms with Crippen LogP contribution in [-0.4, -0.2) is 11.0 Å². The first-order valence-electron chi connectivity index (χ1n) is 4.17. The van der Waals surface area contributed by atoms with Crippen molar-refractivity contribution in [3.8, 4) is 11.8 Å². The van der Waals surface area contributed by atoms with Gasteiger partial charge >= 0.3 is 5.97 Å². The number of hydrogen-bond acceptors (Lipinski definition) is 5. The first-order valence-corrected chi connectivity index (χ1v) is 4.17. The molecule has 2 aromatic heterocycles. The maximum Gasteiger partial charge on any atom is 0.308 e. The third kappa shape index (κ3) is 1.79. The summed E-state index contributed by atoms with van der Waals surface area (Å²) in [5.74, 6) is 0.0505.